The number of halogens is 1. The maximum absolute atomic E-state index is 13.2. The number of amides is 1. The Morgan fingerprint density at radius 1 is 0.909 bits per heavy atom. The molecule has 0 aliphatic carbocycles. The Hall–Kier alpha value is -3.20. The number of hydrogen-bond donors (Lipinski definition) is 1. The van der Waals surface area contributed by atoms with Crippen LogP contribution in [0.4, 0.5) is 0 Å². The van der Waals surface area contributed by atoms with Crippen LogP contribution in [0.1, 0.15) is 10.4 Å². The maximum Gasteiger partial charge on any atom is 0.257 e. The summed E-state index contributed by atoms with van der Waals surface area (Å²) in [6.07, 6.45) is 1.56. The highest BCUT2D eigenvalue weighted by Gasteiger charge is 2.31. The molecule has 0 spiro atoms. The Labute approximate surface area is 195 Å². The van der Waals surface area contributed by atoms with E-state index in [0.717, 1.165) is 16.2 Å². The van der Waals surface area contributed by atoms with E-state index in [2.05, 4.69) is 4.98 Å². The van der Waals surface area contributed by atoms with Crippen molar-refractivity contribution in [2.24, 2.45) is 0 Å². The third-order valence-corrected chi connectivity index (χ3v) is 8.05. The van der Waals surface area contributed by atoms with E-state index >= 15 is 0 Å². The van der Waals surface area contributed by atoms with Gasteiger partial charge in [-0.2, -0.15) is 4.31 Å². The number of aromatic nitrogens is 1. The van der Waals surface area contributed by atoms with Crippen molar-refractivity contribution in [3.05, 3.63) is 77.4 Å². The second-order valence-corrected chi connectivity index (χ2v) is 10.3. The molecule has 1 amide bonds. The molecule has 0 unspecified atom stereocenters. The van der Waals surface area contributed by atoms with E-state index in [-0.39, 0.29) is 48.3 Å². The van der Waals surface area contributed by atoms with Crippen LogP contribution in [0.15, 0.2) is 71.8 Å². The topological polar surface area (TPSA) is 90.8 Å². The molecule has 4 aromatic rings. The van der Waals surface area contributed by atoms with Crippen LogP contribution in [0.2, 0.25) is 5.02 Å². The Balaban J connectivity index is 1.34. The van der Waals surface area contributed by atoms with Crippen molar-refractivity contribution >= 4 is 49.2 Å². The zero-order valence-electron chi connectivity index (χ0n) is 17.5. The fourth-order valence-corrected chi connectivity index (χ4v) is 5.75. The molecule has 33 heavy (non-hydrogen) atoms. The smallest absolute Gasteiger partial charge is 0.257 e. The Morgan fingerprint density at radius 2 is 1.61 bits per heavy atom. The van der Waals surface area contributed by atoms with Gasteiger partial charge in [0.05, 0.1) is 10.5 Å². The van der Waals surface area contributed by atoms with Gasteiger partial charge in [0, 0.05) is 42.8 Å². The first-order valence-corrected chi connectivity index (χ1v) is 12.2. The highest BCUT2D eigenvalue weighted by atomic mass is 35.5. The lowest BCUT2D eigenvalue weighted by molar-refractivity contribution is 0.0695. The fraction of sp³-hybridized carbons (Fsp3) is 0.167. The van der Waals surface area contributed by atoms with Crippen molar-refractivity contribution in [2.75, 3.05) is 26.2 Å². The second kappa shape index (κ2) is 8.30. The monoisotopic (exact) mass is 481 g/mol. The number of sulfonamides is 1. The lowest BCUT2D eigenvalue weighted by Gasteiger charge is -2.34. The molecule has 0 saturated carbocycles. The van der Waals surface area contributed by atoms with Gasteiger partial charge in [-0.05, 0) is 47.2 Å². The molecular formula is C24H20ClN3O4S. The zero-order valence-corrected chi connectivity index (χ0v) is 19.1. The number of pyridine rings is 1. The van der Waals surface area contributed by atoms with Crippen LogP contribution >= 0.6 is 11.6 Å². The molecule has 5 rings (SSSR count). The van der Waals surface area contributed by atoms with Gasteiger partial charge < -0.3 is 10.0 Å². The van der Waals surface area contributed by atoms with Gasteiger partial charge in [-0.15, -0.1) is 0 Å². The molecule has 1 aliphatic heterocycles. The van der Waals surface area contributed by atoms with Gasteiger partial charge in [-0.25, -0.2) is 8.42 Å². The number of fused-ring (bicyclic) bond motifs is 2. The number of benzene rings is 3. The van der Waals surface area contributed by atoms with Crippen LogP contribution in [0.25, 0.3) is 21.7 Å². The quantitative estimate of drug-likeness (QED) is 0.479. The van der Waals surface area contributed by atoms with Crippen LogP contribution in [0, 0.1) is 0 Å². The minimum Gasteiger partial charge on any atom is -0.505 e. The molecule has 1 fully saturated rings. The van der Waals surface area contributed by atoms with Crippen LogP contribution in [-0.4, -0.2) is 59.8 Å². The van der Waals surface area contributed by atoms with E-state index in [1.165, 1.54) is 4.31 Å². The third-order valence-electron chi connectivity index (χ3n) is 5.92. The summed E-state index contributed by atoms with van der Waals surface area (Å²) in [5.74, 6) is -0.510. The first-order chi connectivity index (χ1) is 15.8. The van der Waals surface area contributed by atoms with Crippen molar-refractivity contribution in [1.82, 2.24) is 14.2 Å². The van der Waals surface area contributed by atoms with Gasteiger partial charge in [0.2, 0.25) is 10.0 Å². The summed E-state index contributed by atoms with van der Waals surface area (Å²) in [6.45, 7) is 0.778. The average molecular weight is 482 g/mol. The maximum atomic E-state index is 13.2. The lowest BCUT2D eigenvalue weighted by Crippen LogP contribution is -2.50. The first kappa shape index (κ1) is 21.6. The number of rotatable bonds is 3. The van der Waals surface area contributed by atoms with E-state index in [1.54, 1.807) is 71.8 Å². The molecule has 1 aliphatic rings. The average Bonchev–Trinajstić information content (AvgIpc) is 2.84. The van der Waals surface area contributed by atoms with Gasteiger partial charge in [0.15, 0.2) is 5.75 Å². The molecule has 0 bridgehead atoms. The molecule has 0 radical (unpaired) electrons. The van der Waals surface area contributed by atoms with Gasteiger partial charge in [-0.3, -0.25) is 9.78 Å². The predicted molar refractivity (Wildman–Crippen MR) is 127 cm³/mol. The summed E-state index contributed by atoms with van der Waals surface area (Å²) >= 11 is 6.01. The summed E-state index contributed by atoms with van der Waals surface area (Å²) < 4.78 is 27.8. The summed E-state index contributed by atoms with van der Waals surface area (Å²) in [4.78, 5) is 18.9. The molecule has 1 saturated heterocycles. The molecular weight excluding hydrogens is 462 g/mol. The van der Waals surface area contributed by atoms with Crippen LogP contribution in [0.5, 0.6) is 5.75 Å². The number of nitrogens with zero attached hydrogens (tertiary/aromatic N) is 3. The number of hydrogen-bond acceptors (Lipinski definition) is 5. The number of phenolic OH excluding ortho intramolecular Hbond substituents is 1. The van der Waals surface area contributed by atoms with Gasteiger partial charge in [0.1, 0.15) is 5.52 Å². The summed E-state index contributed by atoms with van der Waals surface area (Å²) in [7, 11) is -3.71. The molecule has 1 N–H and O–H groups in total. The van der Waals surface area contributed by atoms with Crippen molar-refractivity contribution in [3.8, 4) is 5.75 Å². The van der Waals surface area contributed by atoms with Gasteiger partial charge in [-0.1, -0.05) is 35.9 Å². The highest BCUT2D eigenvalue weighted by molar-refractivity contribution is 7.89. The predicted octanol–water partition coefficient (Wildman–Crippen LogP) is 3.89. The largest absolute Gasteiger partial charge is 0.505 e. The van der Waals surface area contributed by atoms with E-state index < -0.39 is 10.0 Å². The summed E-state index contributed by atoms with van der Waals surface area (Å²) in [5, 5.41) is 13.5. The molecule has 168 valence electrons. The third kappa shape index (κ3) is 3.90. The van der Waals surface area contributed by atoms with Crippen LogP contribution < -0.4 is 0 Å². The Morgan fingerprint density at radius 3 is 2.39 bits per heavy atom. The molecule has 1 aromatic heterocycles. The number of carbonyl (C=O) groups is 1. The van der Waals surface area contributed by atoms with E-state index in [4.69, 9.17) is 11.6 Å². The molecule has 2 heterocycles. The molecule has 9 heteroatoms. The Bertz CT molecular complexity index is 1500. The van der Waals surface area contributed by atoms with Crippen LogP contribution in [0.3, 0.4) is 0 Å². The van der Waals surface area contributed by atoms with Crippen molar-refractivity contribution in [2.45, 2.75) is 4.90 Å². The van der Waals surface area contributed by atoms with E-state index in [1.807, 2.05) is 0 Å². The fourth-order valence-electron chi connectivity index (χ4n) is 4.11. The summed E-state index contributed by atoms with van der Waals surface area (Å²) in [6, 6.07) is 17.1. The van der Waals surface area contributed by atoms with Gasteiger partial charge in [0.25, 0.3) is 5.91 Å². The number of carbonyl (C=O) groups excluding carboxylic acids is 1. The van der Waals surface area contributed by atoms with Crippen molar-refractivity contribution in [1.29, 1.82) is 0 Å². The van der Waals surface area contributed by atoms with E-state index in [9.17, 15) is 18.3 Å². The number of phenols is 1. The Kier molecular flexibility index (Phi) is 5.44. The van der Waals surface area contributed by atoms with Crippen molar-refractivity contribution < 1.29 is 18.3 Å². The summed E-state index contributed by atoms with van der Waals surface area (Å²) in [5.41, 5.74) is 0.521. The molecule has 7 nitrogen and oxygen atoms in total. The molecule has 0 atom stereocenters. The normalized spacial score (nSPS) is 15.2. The lowest BCUT2D eigenvalue weighted by atomic mass is 10.1. The zero-order chi connectivity index (χ0) is 23.2. The second-order valence-electron chi connectivity index (χ2n) is 7.89. The van der Waals surface area contributed by atoms with Gasteiger partial charge >= 0.3 is 0 Å². The first-order valence-electron chi connectivity index (χ1n) is 10.4. The number of aromatic hydroxyl groups is 1. The standard InChI is InChI=1S/C24H20ClN3O4S/c25-19-6-3-18-15-20(7-4-17(18)14-19)33(31,32)28-12-10-27(11-13-28)24(30)21-8-5-16-2-1-9-26-22(16)23(21)29/h1-9,14-15,29H,10-13H2. The highest BCUT2D eigenvalue weighted by Crippen LogP contribution is 2.29. The van der Waals surface area contributed by atoms with E-state index in [0.29, 0.717) is 10.5 Å². The van der Waals surface area contributed by atoms with Crippen molar-refractivity contribution in [3.63, 3.8) is 0 Å². The SMILES string of the molecule is O=C(c1ccc2cccnc2c1O)N1CCN(S(=O)(=O)c2ccc3cc(Cl)ccc3c2)CC1. The minimum atomic E-state index is -3.71. The van der Waals surface area contributed by atoms with Crippen LogP contribution in [-0.2, 0) is 10.0 Å². The number of piperazine rings is 1. The molecule has 3 aromatic carbocycles. The minimum absolute atomic E-state index is 0.158.